The van der Waals surface area contributed by atoms with E-state index in [0.29, 0.717) is 58.7 Å². The average molecular weight is 676 g/mol. The topological polar surface area (TPSA) is 143 Å². The van der Waals surface area contributed by atoms with Gasteiger partial charge in [-0.05, 0) is 103 Å². The highest BCUT2D eigenvalue weighted by Gasteiger charge is 2.60. The van der Waals surface area contributed by atoms with E-state index in [9.17, 15) is 30.6 Å². The third-order valence-electron chi connectivity index (χ3n) is 12.1. The molecular weight excluding hydrogens is 630 g/mol. The highest BCUT2D eigenvalue weighted by Crippen LogP contribution is 2.58. The summed E-state index contributed by atoms with van der Waals surface area (Å²) in [6.07, 6.45) is 14.9. The van der Waals surface area contributed by atoms with Crippen molar-refractivity contribution in [2.45, 2.75) is 69.2 Å². The van der Waals surface area contributed by atoms with Gasteiger partial charge >= 0.3 is 0 Å². The Labute approximate surface area is 292 Å². The predicted octanol–water partition coefficient (Wildman–Crippen LogP) is 6.92. The number of aliphatic hydroxyl groups excluding tert-OH is 1. The molecule has 4 aliphatic rings. The van der Waals surface area contributed by atoms with Crippen LogP contribution in [-0.4, -0.2) is 55.0 Å². The van der Waals surface area contributed by atoms with Crippen molar-refractivity contribution in [2.75, 3.05) is 6.61 Å². The molecule has 7 N–H and O–H groups in total. The lowest BCUT2D eigenvalue weighted by Crippen LogP contribution is -2.66. The maximum atomic E-state index is 11.2. The fourth-order valence-corrected chi connectivity index (χ4v) is 9.52. The summed E-state index contributed by atoms with van der Waals surface area (Å²) in [5.74, 6) is 0.501. The van der Waals surface area contributed by atoms with Gasteiger partial charge in [0.05, 0.1) is 17.1 Å². The Morgan fingerprint density at radius 3 is 2.38 bits per heavy atom. The molecule has 260 valence electrons. The monoisotopic (exact) mass is 675 g/mol. The molecule has 2 saturated heterocycles. The van der Waals surface area contributed by atoms with E-state index in [0.717, 1.165) is 37.8 Å². The predicted molar refractivity (Wildman–Crippen MR) is 193 cm³/mol. The van der Waals surface area contributed by atoms with E-state index < -0.39 is 0 Å². The number of aromatic hydroxyl groups is 5. The molecule has 8 nitrogen and oxygen atoms in total. The highest BCUT2D eigenvalue weighted by atomic mass is 16.5. The van der Waals surface area contributed by atoms with E-state index in [4.69, 9.17) is 4.74 Å². The summed E-state index contributed by atoms with van der Waals surface area (Å²) < 4.78 is 6.89. The fraction of sp³-hybridized carbons (Fsp3) is 0.381. The second-order valence-corrected chi connectivity index (χ2v) is 14.8. The van der Waals surface area contributed by atoms with Crippen LogP contribution in [0.4, 0.5) is 0 Å². The molecule has 0 radical (unpaired) electrons. The van der Waals surface area contributed by atoms with Crippen molar-refractivity contribution < 1.29 is 35.4 Å². The molecule has 3 fully saturated rings. The number of aryl methyl sites for hydroxylation is 1. The number of nitrogens with one attached hydrogen (secondary N) is 1. The van der Waals surface area contributed by atoms with Crippen molar-refractivity contribution in [1.82, 2.24) is 5.32 Å². The minimum absolute atomic E-state index is 0.137. The number of phenols is 5. The zero-order chi connectivity index (χ0) is 34.6. The first-order chi connectivity index (χ1) is 24.2. The number of ether oxygens (including phenoxy) is 1. The average Bonchev–Trinajstić information content (AvgIpc) is 3.12. The molecule has 4 aromatic rings. The first-order valence-corrected chi connectivity index (χ1v) is 17.9. The molecule has 1 spiro atoms. The number of aliphatic hydroxyl groups is 1. The fourth-order valence-electron chi connectivity index (χ4n) is 9.52. The number of rotatable bonds is 9. The quantitative estimate of drug-likeness (QED) is 0.0576. The molecule has 0 aromatic heterocycles. The lowest BCUT2D eigenvalue weighted by atomic mass is 9.53. The molecule has 1 unspecified atom stereocenters. The second-order valence-electron chi connectivity index (χ2n) is 14.8. The van der Waals surface area contributed by atoms with Crippen molar-refractivity contribution in [3.05, 3.63) is 101 Å². The Morgan fingerprint density at radius 1 is 0.780 bits per heavy atom. The lowest BCUT2D eigenvalue weighted by Gasteiger charge is -2.63. The number of fused-ring (bicyclic) bond motifs is 4. The van der Waals surface area contributed by atoms with Crippen molar-refractivity contribution >= 4 is 22.9 Å². The zero-order valence-electron chi connectivity index (χ0n) is 28.0. The highest BCUT2D eigenvalue weighted by molar-refractivity contribution is 6.03. The van der Waals surface area contributed by atoms with Crippen molar-refractivity contribution in [2.24, 2.45) is 23.7 Å². The number of hydrogen-bond donors (Lipinski definition) is 7. The SMILES string of the molecule is OC[C@H]1CCC2C=C[C@H]3C[C@@H]2[C@]12C[C@H](NCc1ccc(CCc4c(O)c(O)c5c(O)cccc5c4C=Cc4ccc(O)c(O)c4)cc1)C[C@H]3O2. The molecule has 4 bridgehead atoms. The molecule has 4 aromatic carbocycles. The maximum absolute atomic E-state index is 11.2. The Hall–Kier alpha value is -4.50. The summed E-state index contributed by atoms with van der Waals surface area (Å²) in [5, 5.41) is 67.4. The van der Waals surface area contributed by atoms with Crippen LogP contribution in [0.25, 0.3) is 22.9 Å². The molecule has 1 saturated carbocycles. The second kappa shape index (κ2) is 13.0. The van der Waals surface area contributed by atoms with Crippen LogP contribution >= 0.6 is 0 Å². The van der Waals surface area contributed by atoms with Gasteiger partial charge in [0, 0.05) is 36.6 Å². The largest absolute Gasteiger partial charge is 0.507 e. The van der Waals surface area contributed by atoms with Crippen LogP contribution in [-0.2, 0) is 24.1 Å². The number of phenolic OH excluding ortho intramolecular Hbond substituents is 5. The first-order valence-electron chi connectivity index (χ1n) is 17.9. The maximum Gasteiger partial charge on any atom is 0.169 e. The van der Waals surface area contributed by atoms with Crippen LogP contribution in [0.2, 0.25) is 0 Å². The van der Waals surface area contributed by atoms with E-state index in [1.165, 1.54) is 30.2 Å². The molecule has 0 amide bonds. The van der Waals surface area contributed by atoms with Crippen LogP contribution in [0.5, 0.6) is 28.7 Å². The minimum Gasteiger partial charge on any atom is -0.507 e. The van der Waals surface area contributed by atoms with Crippen LogP contribution in [0.15, 0.2) is 72.8 Å². The van der Waals surface area contributed by atoms with E-state index in [2.05, 4.69) is 41.7 Å². The summed E-state index contributed by atoms with van der Waals surface area (Å²) >= 11 is 0. The van der Waals surface area contributed by atoms with Gasteiger partial charge in [-0.15, -0.1) is 0 Å². The summed E-state index contributed by atoms with van der Waals surface area (Å²) in [6, 6.07) is 18.3. The summed E-state index contributed by atoms with van der Waals surface area (Å²) in [7, 11) is 0. The number of benzene rings is 4. The van der Waals surface area contributed by atoms with Crippen LogP contribution in [0, 0.1) is 23.7 Å². The van der Waals surface area contributed by atoms with Crippen molar-refractivity contribution in [1.29, 1.82) is 0 Å². The Kier molecular flexibility index (Phi) is 8.50. The summed E-state index contributed by atoms with van der Waals surface area (Å²) in [4.78, 5) is 0. The van der Waals surface area contributed by atoms with Crippen LogP contribution in [0.3, 0.4) is 0 Å². The van der Waals surface area contributed by atoms with Crippen LogP contribution < -0.4 is 5.32 Å². The van der Waals surface area contributed by atoms with Gasteiger partial charge in [0.2, 0.25) is 0 Å². The van der Waals surface area contributed by atoms with Gasteiger partial charge < -0.3 is 40.7 Å². The third-order valence-corrected chi connectivity index (χ3v) is 12.1. The van der Waals surface area contributed by atoms with Crippen molar-refractivity contribution in [3.63, 3.8) is 0 Å². The minimum atomic E-state index is -0.362. The van der Waals surface area contributed by atoms with E-state index >= 15 is 0 Å². The molecule has 2 aliphatic carbocycles. The van der Waals surface area contributed by atoms with E-state index in [1.807, 2.05) is 0 Å². The van der Waals surface area contributed by atoms with Gasteiger partial charge in [0.15, 0.2) is 23.0 Å². The van der Waals surface area contributed by atoms with Gasteiger partial charge in [0.1, 0.15) is 5.75 Å². The molecule has 7 atom stereocenters. The van der Waals surface area contributed by atoms with E-state index in [-0.39, 0.29) is 58.4 Å². The lowest BCUT2D eigenvalue weighted by molar-refractivity contribution is -0.264. The van der Waals surface area contributed by atoms with Gasteiger partial charge in [-0.2, -0.15) is 0 Å². The molecule has 2 aliphatic heterocycles. The number of hydrogen-bond acceptors (Lipinski definition) is 8. The Balaban J connectivity index is 0.981. The molecule has 8 heteroatoms. The molecular formula is C42H45NO7. The van der Waals surface area contributed by atoms with Crippen molar-refractivity contribution in [3.8, 4) is 28.7 Å². The zero-order valence-corrected chi connectivity index (χ0v) is 28.0. The van der Waals surface area contributed by atoms with Gasteiger partial charge in [0.25, 0.3) is 0 Å². The summed E-state index contributed by atoms with van der Waals surface area (Å²) in [6.45, 7) is 0.940. The first kappa shape index (κ1) is 32.7. The standard InChI is InChI=1S/C42H45NO7/c44-23-29-14-13-27-11-12-28-19-34(27)42(29)21-30(20-38(28)50-42)43-22-26-6-4-24(5-7-26)8-16-33-31(15-9-25-10-17-35(45)37(47)18-25)32-2-1-3-36(46)39(32)41(49)40(33)48/h1-7,9-12,15,17-18,27-30,34,38,43-49H,8,13-14,16,19-23H2/t27?,28-,29+,30+,34-,38+,42-/m0/s1. The normalized spacial score (nSPS) is 28.3. The van der Waals surface area contributed by atoms with Gasteiger partial charge in [-0.1, -0.05) is 66.8 Å². The molecule has 2 heterocycles. The van der Waals surface area contributed by atoms with Crippen LogP contribution in [0.1, 0.15) is 59.9 Å². The van der Waals surface area contributed by atoms with Gasteiger partial charge in [-0.3, -0.25) is 0 Å². The molecule has 8 rings (SSSR count). The van der Waals surface area contributed by atoms with E-state index in [1.54, 1.807) is 30.4 Å². The Morgan fingerprint density at radius 2 is 1.58 bits per heavy atom. The Bertz CT molecular complexity index is 1970. The summed E-state index contributed by atoms with van der Waals surface area (Å²) in [5.41, 5.74) is 3.86. The molecule has 50 heavy (non-hydrogen) atoms. The third kappa shape index (κ3) is 5.69. The smallest absolute Gasteiger partial charge is 0.169 e. The van der Waals surface area contributed by atoms with Gasteiger partial charge in [-0.25, -0.2) is 0 Å². The number of allylic oxidation sites excluding steroid dienone is 1.